The average Bonchev–Trinajstić information content (AvgIpc) is 3.37. The number of hydrogen-bond acceptors (Lipinski definition) is 6. The van der Waals surface area contributed by atoms with Gasteiger partial charge in [-0.3, -0.25) is 24.5 Å². The van der Waals surface area contributed by atoms with E-state index in [0.717, 1.165) is 117 Å². The summed E-state index contributed by atoms with van der Waals surface area (Å²) in [7, 11) is 0. The Kier molecular flexibility index (Phi) is 12.0. The highest BCUT2D eigenvalue weighted by Crippen LogP contribution is 2.43. The highest BCUT2D eigenvalue weighted by molar-refractivity contribution is 6.02. The molecule has 2 saturated heterocycles. The monoisotopic (exact) mass is 690 g/mol. The third-order valence-electron chi connectivity index (χ3n) is 10.8. The van der Waals surface area contributed by atoms with E-state index in [1.807, 2.05) is 43.0 Å². The van der Waals surface area contributed by atoms with Gasteiger partial charge in [0.25, 0.3) is 11.8 Å². The summed E-state index contributed by atoms with van der Waals surface area (Å²) in [6.07, 6.45) is 17.8. The fourth-order valence-corrected chi connectivity index (χ4v) is 8.03. The maximum absolute atomic E-state index is 14.5. The molecule has 0 radical (unpaired) electrons. The van der Waals surface area contributed by atoms with Gasteiger partial charge in [0.1, 0.15) is 0 Å². The van der Waals surface area contributed by atoms with Crippen LogP contribution in [0, 0.1) is 6.92 Å². The van der Waals surface area contributed by atoms with Crippen molar-refractivity contribution in [1.29, 1.82) is 0 Å². The number of allylic oxidation sites excluding steroid dienone is 6. The first-order chi connectivity index (χ1) is 24.9. The first-order valence-corrected chi connectivity index (χ1v) is 18.9. The summed E-state index contributed by atoms with van der Waals surface area (Å²) in [5.74, 6) is 0.233. The van der Waals surface area contributed by atoms with Gasteiger partial charge < -0.3 is 19.5 Å². The van der Waals surface area contributed by atoms with Crippen LogP contribution in [0.5, 0.6) is 0 Å². The minimum Gasteiger partial charge on any atom is -0.379 e. The fraction of sp³-hybridized carbons (Fsp3) is 0.476. The van der Waals surface area contributed by atoms with E-state index < -0.39 is 0 Å². The molecule has 3 aliphatic rings. The van der Waals surface area contributed by atoms with Crippen molar-refractivity contribution in [3.63, 3.8) is 0 Å². The Bertz CT molecular complexity index is 1820. The number of hydrogen-bond donors (Lipinski definition) is 1. The smallest absolute Gasteiger partial charge is 0.251 e. The summed E-state index contributed by atoms with van der Waals surface area (Å²) >= 11 is 0. The van der Waals surface area contributed by atoms with Crippen LogP contribution in [0.2, 0.25) is 0 Å². The number of nitrogens with one attached hydrogen (secondary N) is 1. The van der Waals surface area contributed by atoms with Crippen molar-refractivity contribution in [2.24, 2.45) is 0 Å². The average molecular weight is 691 g/mol. The van der Waals surface area contributed by atoms with Crippen molar-refractivity contribution in [2.45, 2.75) is 91.3 Å². The molecule has 6 rings (SSSR count). The van der Waals surface area contributed by atoms with E-state index in [1.54, 1.807) is 12.4 Å². The molecule has 1 N–H and O–H groups in total. The van der Waals surface area contributed by atoms with Crippen LogP contribution in [0.4, 0.5) is 0 Å². The number of carbonyl (C=O) groups is 2. The normalized spacial score (nSPS) is 18.1. The third-order valence-corrected chi connectivity index (χ3v) is 10.8. The number of nitrogens with zero attached hydrogens (tertiary/aromatic N) is 5. The lowest BCUT2D eigenvalue weighted by molar-refractivity contribution is -0.129. The zero-order chi connectivity index (χ0) is 35.9. The second kappa shape index (κ2) is 16.8. The second-order valence-electron chi connectivity index (χ2n) is 14.1. The van der Waals surface area contributed by atoms with Crippen LogP contribution in [0.3, 0.4) is 0 Å². The quantitative estimate of drug-likeness (QED) is 0.218. The lowest BCUT2D eigenvalue weighted by atomic mass is 9.86. The molecule has 5 heterocycles. The molecule has 270 valence electrons. The van der Waals surface area contributed by atoms with E-state index in [4.69, 9.17) is 4.74 Å². The molecule has 9 nitrogen and oxygen atoms in total. The molecule has 1 aromatic carbocycles. The van der Waals surface area contributed by atoms with E-state index in [1.165, 1.54) is 5.56 Å². The molecule has 3 aliphatic heterocycles. The van der Waals surface area contributed by atoms with Crippen molar-refractivity contribution in [1.82, 2.24) is 29.7 Å². The molecule has 1 unspecified atom stereocenters. The molecule has 0 spiro atoms. The number of carbonyl (C=O) groups excluding carboxylic acids is 2. The minimum atomic E-state index is -0.174. The topological polar surface area (TPSA) is 92.6 Å². The lowest BCUT2D eigenvalue weighted by Crippen LogP contribution is -2.50. The zero-order valence-electron chi connectivity index (χ0n) is 30.9. The Morgan fingerprint density at radius 3 is 2.55 bits per heavy atom. The predicted molar refractivity (Wildman–Crippen MR) is 204 cm³/mol. The van der Waals surface area contributed by atoms with Gasteiger partial charge in [0.2, 0.25) is 0 Å². The van der Waals surface area contributed by atoms with Gasteiger partial charge in [-0.2, -0.15) is 0 Å². The van der Waals surface area contributed by atoms with Crippen molar-refractivity contribution < 1.29 is 14.3 Å². The van der Waals surface area contributed by atoms with Crippen LogP contribution >= 0.6 is 0 Å². The highest BCUT2D eigenvalue weighted by atomic mass is 16.5. The van der Waals surface area contributed by atoms with E-state index in [-0.39, 0.29) is 18.4 Å². The van der Waals surface area contributed by atoms with Gasteiger partial charge in [-0.05, 0) is 74.8 Å². The summed E-state index contributed by atoms with van der Waals surface area (Å²) in [4.78, 5) is 41.4. The zero-order valence-corrected chi connectivity index (χ0v) is 30.9. The number of ether oxygens (including phenoxy) is 1. The Labute approximate surface area is 303 Å². The van der Waals surface area contributed by atoms with Crippen molar-refractivity contribution in [3.8, 4) is 0 Å². The molecule has 2 fully saturated rings. The Morgan fingerprint density at radius 2 is 1.88 bits per heavy atom. The number of aryl methyl sites for hydroxylation is 1. The number of fused-ring (bicyclic) bond motifs is 3. The predicted octanol–water partition coefficient (Wildman–Crippen LogP) is 7.13. The number of rotatable bonds is 12. The SMILES string of the molecule is C=CC1=C(/C=C\C)C=C(C(=O)N2CCC(N3CCOCC3)CC2)Cn2c1c(C(CC)CCCC)c1ccc(C(=O)NCc3cnc(C)cn3)cc12. The first kappa shape index (κ1) is 36.5. The standard InChI is InChI=1S/C42H54N6O3/c1-6-10-12-30(8-3)39-37-14-13-32(41(49)45-27-34-26-43-29(5)25-44-34)24-38(37)48-28-33(23-31(11-7-2)36(9-4)40(39)48)42(50)47-17-15-35(16-18-47)46-19-21-51-22-20-46/h7,9,11,13-14,23-26,30,35H,4,6,8,10,12,15-22,27-28H2,1-3,5H3,(H,45,49)/b11-7-. The maximum Gasteiger partial charge on any atom is 0.251 e. The van der Waals surface area contributed by atoms with Gasteiger partial charge in [0.15, 0.2) is 0 Å². The summed E-state index contributed by atoms with van der Waals surface area (Å²) in [6, 6.07) is 6.53. The number of aromatic nitrogens is 3. The van der Waals surface area contributed by atoms with Crippen molar-refractivity contribution in [3.05, 3.63) is 101 Å². The first-order valence-electron chi connectivity index (χ1n) is 18.9. The molecule has 51 heavy (non-hydrogen) atoms. The van der Waals surface area contributed by atoms with Crippen LogP contribution in [0.25, 0.3) is 16.5 Å². The fourth-order valence-electron chi connectivity index (χ4n) is 8.03. The van der Waals surface area contributed by atoms with Crippen LogP contribution < -0.4 is 5.32 Å². The van der Waals surface area contributed by atoms with Gasteiger partial charge in [-0.25, -0.2) is 0 Å². The number of piperidine rings is 1. The van der Waals surface area contributed by atoms with E-state index in [2.05, 4.69) is 63.4 Å². The number of likely N-dealkylation sites (tertiary alicyclic amines) is 1. The molecular formula is C42H54N6O3. The molecule has 1 atom stereocenters. The summed E-state index contributed by atoms with van der Waals surface area (Å²) in [5, 5.41) is 4.17. The third kappa shape index (κ3) is 7.95. The molecule has 3 aromatic rings. The van der Waals surface area contributed by atoms with E-state index >= 15 is 0 Å². The molecule has 2 amide bonds. The van der Waals surface area contributed by atoms with E-state index in [0.29, 0.717) is 29.8 Å². The van der Waals surface area contributed by atoms with Crippen LogP contribution in [-0.4, -0.2) is 81.6 Å². The highest BCUT2D eigenvalue weighted by Gasteiger charge is 2.32. The van der Waals surface area contributed by atoms with Gasteiger partial charge in [-0.15, -0.1) is 0 Å². The molecule has 0 bridgehead atoms. The van der Waals surface area contributed by atoms with E-state index in [9.17, 15) is 9.59 Å². The van der Waals surface area contributed by atoms with Gasteiger partial charge in [-0.1, -0.05) is 57.6 Å². The van der Waals surface area contributed by atoms with Crippen LogP contribution in [0.15, 0.2) is 72.6 Å². The van der Waals surface area contributed by atoms with Gasteiger partial charge in [0, 0.05) is 66.0 Å². The largest absolute Gasteiger partial charge is 0.379 e. The van der Waals surface area contributed by atoms with Gasteiger partial charge in [0.05, 0.1) is 49.6 Å². The van der Waals surface area contributed by atoms with Crippen molar-refractivity contribution >= 4 is 28.3 Å². The second-order valence-corrected chi connectivity index (χ2v) is 14.1. The summed E-state index contributed by atoms with van der Waals surface area (Å²) in [5.41, 5.74) is 8.22. The summed E-state index contributed by atoms with van der Waals surface area (Å²) in [6.45, 7) is 18.4. The number of amides is 2. The lowest BCUT2D eigenvalue weighted by Gasteiger charge is -2.40. The number of unbranched alkanes of at least 4 members (excludes halogenated alkanes) is 1. The molecule has 0 saturated carbocycles. The molecule has 2 aromatic heterocycles. The van der Waals surface area contributed by atoms with Gasteiger partial charge >= 0.3 is 0 Å². The van der Waals surface area contributed by atoms with Crippen molar-refractivity contribution in [2.75, 3.05) is 39.4 Å². The van der Waals surface area contributed by atoms with Crippen LogP contribution in [-0.2, 0) is 22.6 Å². The molecular weight excluding hydrogens is 637 g/mol. The molecule has 9 heteroatoms. The number of benzene rings is 1. The summed E-state index contributed by atoms with van der Waals surface area (Å²) < 4.78 is 7.88. The molecule has 0 aliphatic carbocycles. The van der Waals surface area contributed by atoms with Crippen LogP contribution in [0.1, 0.15) is 98.2 Å². The Balaban J connectivity index is 1.39. The number of morpholine rings is 1. The maximum atomic E-state index is 14.5. The Hall–Kier alpha value is -4.34. The Morgan fingerprint density at radius 1 is 1.10 bits per heavy atom. The minimum absolute atomic E-state index is 0.0863.